The van der Waals surface area contributed by atoms with Crippen LogP contribution in [0.3, 0.4) is 0 Å². The van der Waals surface area contributed by atoms with Gasteiger partial charge in [-0.05, 0) is 42.5 Å². The molecule has 1 heterocycles. The second-order valence-electron chi connectivity index (χ2n) is 5.44. The maximum absolute atomic E-state index is 12.4. The van der Waals surface area contributed by atoms with E-state index in [0.717, 1.165) is 22.2 Å². The van der Waals surface area contributed by atoms with E-state index < -0.39 is 6.10 Å². The number of amides is 3. The Hall–Kier alpha value is -2.09. The quantitative estimate of drug-likeness (QED) is 0.541. The third-order valence-electron chi connectivity index (χ3n) is 3.51. The Labute approximate surface area is 161 Å². The summed E-state index contributed by atoms with van der Waals surface area (Å²) in [7, 11) is 0. The number of nitrogens with zero attached hydrogens (tertiary/aromatic N) is 1. The molecule has 1 fully saturated rings. The Kier molecular flexibility index (Phi) is 7.44. The molecule has 3 amide bonds. The van der Waals surface area contributed by atoms with Gasteiger partial charge in [0.1, 0.15) is 6.10 Å². The normalized spacial score (nSPS) is 16.8. The van der Waals surface area contributed by atoms with Crippen molar-refractivity contribution in [1.82, 2.24) is 10.2 Å². The van der Waals surface area contributed by atoms with E-state index in [9.17, 15) is 14.4 Å². The Morgan fingerprint density at radius 3 is 2.73 bits per heavy atom. The number of ether oxygens (including phenoxy) is 1. The van der Waals surface area contributed by atoms with Crippen molar-refractivity contribution >= 4 is 46.5 Å². The molecular weight excluding hydrogens is 376 g/mol. The molecule has 2 rings (SSSR count). The predicted octanol–water partition coefficient (Wildman–Crippen LogP) is 3.08. The third kappa shape index (κ3) is 5.45. The summed E-state index contributed by atoms with van der Waals surface area (Å²) >= 11 is 6.71. The molecule has 1 aliphatic rings. The van der Waals surface area contributed by atoms with Crippen molar-refractivity contribution in [3.8, 4) is 0 Å². The molecule has 8 heteroatoms. The lowest BCUT2D eigenvalue weighted by molar-refractivity contribution is -0.131. The molecule has 138 valence electrons. The van der Waals surface area contributed by atoms with Crippen LogP contribution >= 0.6 is 23.4 Å². The molecule has 0 radical (unpaired) electrons. The average molecular weight is 395 g/mol. The van der Waals surface area contributed by atoms with Crippen LogP contribution in [0.25, 0.3) is 6.08 Å². The summed E-state index contributed by atoms with van der Waals surface area (Å²) in [5, 5.41) is 2.88. The number of benzene rings is 1. The molecule has 1 saturated heterocycles. The van der Waals surface area contributed by atoms with Crippen molar-refractivity contribution in [2.24, 2.45) is 0 Å². The summed E-state index contributed by atoms with van der Waals surface area (Å²) in [6.45, 7) is 5.66. The van der Waals surface area contributed by atoms with Gasteiger partial charge in [-0.15, -0.1) is 6.58 Å². The van der Waals surface area contributed by atoms with Gasteiger partial charge in [0.15, 0.2) is 0 Å². The monoisotopic (exact) mass is 394 g/mol. The highest BCUT2D eigenvalue weighted by molar-refractivity contribution is 8.18. The fourth-order valence-corrected chi connectivity index (χ4v) is 3.12. The summed E-state index contributed by atoms with van der Waals surface area (Å²) in [5.74, 6) is -0.685. The fraction of sp³-hybridized carbons (Fsp3) is 0.278. The van der Waals surface area contributed by atoms with Crippen molar-refractivity contribution in [3.05, 3.63) is 52.4 Å². The Balaban J connectivity index is 1.89. The first kappa shape index (κ1) is 20.2. The lowest BCUT2D eigenvalue weighted by Gasteiger charge is -2.15. The molecular formula is C18H19ClN2O4S. The predicted molar refractivity (Wildman–Crippen MR) is 103 cm³/mol. The summed E-state index contributed by atoms with van der Waals surface area (Å²) in [5.41, 5.74) is 0.779. The van der Waals surface area contributed by atoms with Gasteiger partial charge in [0, 0.05) is 18.1 Å². The molecule has 1 aromatic rings. The number of rotatable bonds is 8. The molecule has 1 atom stereocenters. The zero-order chi connectivity index (χ0) is 19.1. The van der Waals surface area contributed by atoms with E-state index in [1.54, 1.807) is 43.3 Å². The summed E-state index contributed by atoms with van der Waals surface area (Å²) < 4.78 is 5.21. The van der Waals surface area contributed by atoms with Crippen LogP contribution in [0.2, 0.25) is 5.02 Å². The Morgan fingerprint density at radius 1 is 1.38 bits per heavy atom. The van der Waals surface area contributed by atoms with Crippen LogP contribution in [0.4, 0.5) is 4.79 Å². The van der Waals surface area contributed by atoms with Gasteiger partial charge in [0.05, 0.1) is 11.5 Å². The molecule has 0 bridgehead atoms. The largest absolute Gasteiger partial charge is 0.365 e. The van der Waals surface area contributed by atoms with E-state index >= 15 is 0 Å². The van der Waals surface area contributed by atoms with Crippen LogP contribution in [0, 0.1) is 0 Å². The van der Waals surface area contributed by atoms with Crippen LogP contribution in [0.1, 0.15) is 12.5 Å². The van der Waals surface area contributed by atoms with Gasteiger partial charge < -0.3 is 10.1 Å². The molecule has 26 heavy (non-hydrogen) atoms. The first-order chi connectivity index (χ1) is 12.4. The van der Waals surface area contributed by atoms with Gasteiger partial charge in [-0.3, -0.25) is 19.3 Å². The third-order valence-corrected chi connectivity index (χ3v) is 4.67. The van der Waals surface area contributed by atoms with Crippen LogP contribution in [-0.4, -0.2) is 47.8 Å². The van der Waals surface area contributed by atoms with E-state index in [-0.39, 0.29) is 36.7 Å². The fourth-order valence-electron chi connectivity index (χ4n) is 2.13. The number of imide groups is 1. The van der Waals surface area contributed by atoms with Crippen LogP contribution in [0.15, 0.2) is 41.8 Å². The van der Waals surface area contributed by atoms with E-state index in [1.807, 2.05) is 0 Å². The van der Waals surface area contributed by atoms with Gasteiger partial charge in [-0.25, -0.2) is 0 Å². The number of carbonyl (C=O) groups excluding carboxylic acids is 3. The number of hydrogen-bond acceptors (Lipinski definition) is 5. The van der Waals surface area contributed by atoms with E-state index in [2.05, 4.69) is 11.9 Å². The zero-order valence-electron chi connectivity index (χ0n) is 14.2. The SMILES string of the molecule is C=CCOC(C)C(=O)NCCN1C(=O)S/C(=C/c2ccc(Cl)cc2)C1=O. The van der Waals surface area contributed by atoms with Gasteiger partial charge >= 0.3 is 0 Å². The Morgan fingerprint density at radius 2 is 2.08 bits per heavy atom. The molecule has 0 spiro atoms. The first-order valence-electron chi connectivity index (χ1n) is 7.93. The minimum Gasteiger partial charge on any atom is -0.365 e. The van der Waals surface area contributed by atoms with Gasteiger partial charge in [0.25, 0.3) is 11.1 Å². The van der Waals surface area contributed by atoms with E-state index in [1.165, 1.54) is 0 Å². The molecule has 1 N–H and O–H groups in total. The molecule has 1 aromatic carbocycles. The lowest BCUT2D eigenvalue weighted by Crippen LogP contribution is -2.41. The van der Waals surface area contributed by atoms with Crippen molar-refractivity contribution < 1.29 is 19.1 Å². The lowest BCUT2D eigenvalue weighted by atomic mass is 10.2. The molecule has 6 nitrogen and oxygen atoms in total. The van der Waals surface area contributed by atoms with E-state index in [4.69, 9.17) is 16.3 Å². The second-order valence-corrected chi connectivity index (χ2v) is 6.87. The molecule has 1 unspecified atom stereocenters. The molecule has 0 saturated carbocycles. The van der Waals surface area contributed by atoms with Gasteiger partial charge in [-0.1, -0.05) is 29.8 Å². The van der Waals surface area contributed by atoms with Gasteiger partial charge in [0.2, 0.25) is 5.91 Å². The van der Waals surface area contributed by atoms with Crippen LogP contribution in [-0.2, 0) is 14.3 Å². The average Bonchev–Trinajstić information content (AvgIpc) is 2.88. The highest BCUT2D eigenvalue weighted by atomic mass is 35.5. The van der Waals surface area contributed by atoms with Gasteiger partial charge in [-0.2, -0.15) is 0 Å². The standard InChI is InChI=1S/C18H19ClN2O4S/c1-3-10-25-12(2)16(22)20-8-9-21-17(23)15(26-18(21)24)11-13-4-6-14(19)7-5-13/h3-7,11-12H,1,8-10H2,2H3,(H,20,22)/b15-11+. The number of thioether (sulfide) groups is 1. The molecule has 0 aliphatic carbocycles. The maximum Gasteiger partial charge on any atom is 0.293 e. The molecule has 1 aliphatic heterocycles. The van der Waals surface area contributed by atoms with Crippen LogP contribution < -0.4 is 5.32 Å². The maximum atomic E-state index is 12.4. The number of carbonyl (C=O) groups is 3. The summed E-state index contributed by atoms with van der Waals surface area (Å²) in [6.07, 6.45) is 2.56. The topological polar surface area (TPSA) is 75.7 Å². The number of hydrogen-bond donors (Lipinski definition) is 1. The second kappa shape index (κ2) is 9.56. The van der Waals surface area contributed by atoms with Crippen molar-refractivity contribution in [1.29, 1.82) is 0 Å². The Bertz CT molecular complexity index is 733. The molecule has 0 aromatic heterocycles. The minimum absolute atomic E-state index is 0.0997. The van der Waals surface area contributed by atoms with Crippen LogP contribution in [0.5, 0.6) is 0 Å². The van der Waals surface area contributed by atoms with Crippen molar-refractivity contribution in [3.63, 3.8) is 0 Å². The highest BCUT2D eigenvalue weighted by Crippen LogP contribution is 2.32. The number of nitrogens with one attached hydrogen (secondary N) is 1. The zero-order valence-corrected chi connectivity index (χ0v) is 15.8. The number of halogens is 1. The smallest absolute Gasteiger partial charge is 0.293 e. The van der Waals surface area contributed by atoms with Crippen molar-refractivity contribution in [2.45, 2.75) is 13.0 Å². The summed E-state index contributed by atoms with van der Waals surface area (Å²) in [6, 6.07) is 6.95. The summed E-state index contributed by atoms with van der Waals surface area (Å²) in [4.78, 5) is 37.7. The van der Waals surface area contributed by atoms with E-state index in [0.29, 0.717) is 9.93 Å². The van der Waals surface area contributed by atoms with Crippen molar-refractivity contribution in [2.75, 3.05) is 19.7 Å². The highest BCUT2D eigenvalue weighted by Gasteiger charge is 2.34. The minimum atomic E-state index is -0.632. The first-order valence-corrected chi connectivity index (χ1v) is 9.13.